The highest BCUT2D eigenvalue weighted by molar-refractivity contribution is 8.00. The van der Waals surface area contributed by atoms with Crippen LogP contribution in [0.3, 0.4) is 0 Å². The molecular weight excluding hydrogens is 250 g/mol. The second-order valence-electron chi connectivity index (χ2n) is 3.59. The minimum absolute atomic E-state index is 0.0659. The summed E-state index contributed by atoms with van der Waals surface area (Å²) >= 11 is 1.32. The zero-order valence-electron chi connectivity index (χ0n) is 9.87. The number of furan rings is 1. The summed E-state index contributed by atoms with van der Waals surface area (Å²) < 4.78 is 5.14. The Kier molecular flexibility index (Phi) is 4.35. The Hall–Kier alpha value is -1.82. The summed E-state index contributed by atoms with van der Waals surface area (Å²) in [4.78, 5) is 19.9. The van der Waals surface area contributed by atoms with Crippen molar-refractivity contribution in [3.05, 3.63) is 42.6 Å². The fourth-order valence-electron chi connectivity index (χ4n) is 1.29. The first kappa shape index (κ1) is 12.6. The summed E-state index contributed by atoms with van der Waals surface area (Å²) in [7, 11) is 0. The highest BCUT2D eigenvalue weighted by Gasteiger charge is 2.15. The Morgan fingerprint density at radius 3 is 2.89 bits per heavy atom. The van der Waals surface area contributed by atoms with Crippen LogP contribution in [0.15, 0.2) is 46.4 Å². The van der Waals surface area contributed by atoms with Gasteiger partial charge in [0.25, 0.3) is 0 Å². The molecular formula is C12H13N3O2S. The minimum atomic E-state index is -0.248. The smallest absolute Gasteiger partial charge is 0.233 e. The summed E-state index contributed by atoms with van der Waals surface area (Å²) in [6.45, 7) is 2.21. The molecule has 5 nitrogen and oxygen atoms in total. The highest BCUT2D eigenvalue weighted by atomic mass is 32.2. The first-order chi connectivity index (χ1) is 8.75. The lowest BCUT2D eigenvalue weighted by Gasteiger charge is -2.09. The number of amides is 1. The van der Waals surface area contributed by atoms with Gasteiger partial charge < -0.3 is 9.73 Å². The van der Waals surface area contributed by atoms with E-state index in [0.29, 0.717) is 11.7 Å². The first-order valence-electron chi connectivity index (χ1n) is 5.49. The van der Waals surface area contributed by atoms with Gasteiger partial charge in [-0.15, -0.1) is 0 Å². The van der Waals surface area contributed by atoms with Crippen LogP contribution in [0.1, 0.15) is 12.7 Å². The number of thioether (sulfide) groups is 1. The molecule has 1 N–H and O–H groups in total. The van der Waals surface area contributed by atoms with E-state index in [1.54, 1.807) is 30.8 Å². The molecule has 0 saturated heterocycles. The van der Waals surface area contributed by atoms with Gasteiger partial charge >= 0.3 is 0 Å². The lowest BCUT2D eigenvalue weighted by molar-refractivity contribution is -0.120. The summed E-state index contributed by atoms with van der Waals surface area (Å²) in [5.74, 6) is 0.667. The maximum Gasteiger partial charge on any atom is 0.233 e. The van der Waals surface area contributed by atoms with Crippen molar-refractivity contribution in [3.8, 4) is 0 Å². The lowest BCUT2D eigenvalue weighted by Crippen LogP contribution is -2.30. The Balaban J connectivity index is 1.82. The molecule has 6 heteroatoms. The maximum atomic E-state index is 11.8. The average molecular weight is 263 g/mol. The van der Waals surface area contributed by atoms with E-state index in [1.165, 1.54) is 11.8 Å². The number of hydrogen-bond donors (Lipinski definition) is 1. The quantitative estimate of drug-likeness (QED) is 0.659. The van der Waals surface area contributed by atoms with Crippen LogP contribution in [-0.2, 0) is 11.3 Å². The molecule has 0 bridgehead atoms. The molecule has 2 aromatic heterocycles. The Bertz CT molecular complexity index is 487. The van der Waals surface area contributed by atoms with E-state index < -0.39 is 0 Å². The molecule has 2 heterocycles. The number of carbonyl (C=O) groups is 1. The van der Waals surface area contributed by atoms with E-state index in [4.69, 9.17) is 4.42 Å². The molecule has 0 aliphatic carbocycles. The molecule has 0 aliphatic rings. The highest BCUT2D eigenvalue weighted by Crippen LogP contribution is 2.18. The molecule has 2 rings (SSSR count). The molecule has 1 unspecified atom stereocenters. The van der Waals surface area contributed by atoms with Gasteiger partial charge in [-0.3, -0.25) is 4.79 Å². The van der Waals surface area contributed by atoms with Crippen molar-refractivity contribution in [2.75, 3.05) is 0 Å². The van der Waals surface area contributed by atoms with Crippen molar-refractivity contribution in [2.24, 2.45) is 0 Å². The Labute approximate surface area is 109 Å². The molecule has 18 heavy (non-hydrogen) atoms. The van der Waals surface area contributed by atoms with Crippen LogP contribution in [0.4, 0.5) is 0 Å². The average Bonchev–Trinajstić information content (AvgIpc) is 2.90. The summed E-state index contributed by atoms with van der Waals surface area (Å²) in [5, 5.41) is 3.14. The van der Waals surface area contributed by atoms with Gasteiger partial charge in [0.1, 0.15) is 5.76 Å². The van der Waals surface area contributed by atoms with Crippen molar-refractivity contribution in [3.63, 3.8) is 0 Å². The lowest BCUT2D eigenvalue weighted by atomic mass is 10.4. The largest absolute Gasteiger partial charge is 0.467 e. The first-order valence-corrected chi connectivity index (χ1v) is 6.37. The molecule has 0 radical (unpaired) electrons. The number of aromatic nitrogens is 2. The van der Waals surface area contributed by atoms with Crippen LogP contribution in [0, 0.1) is 0 Å². The molecule has 0 fully saturated rings. The van der Waals surface area contributed by atoms with E-state index in [-0.39, 0.29) is 11.2 Å². The molecule has 0 saturated carbocycles. The van der Waals surface area contributed by atoms with Crippen LogP contribution in [0.2, 0.25) is 0 Å². The van der Waals surface area contributed by atoms with Crippen molar-refractivity contribution in [2.45, 2.75) is 23.9 Å². The number of carbonyl (C=O) groups excluding carboxylic acids is 1. The summed E-state index contributed by atoms with van der Waals surface area (Å²) in [6.07, 6.45) is 4.89. The fourth-order valence-corrected chi connectivity index (χ4v) is 2.04. The van der Waals surface area contributed by atoms with Gasteiger partial charge in [-0.05, 0) is 25.1 Å². The van der Waals surface area contributed by atoms with E-state index in [2.05, 4.69) is 15.3 Å². The molecule has 2 aromatic rings. The number of hydrogen-bond acceptors (Lipinski definition) is 5. The van der Waals surface area contributed by atoms with Gasteiger partial charge in [0.05, 0.1) is 18.1 Å². The molecule has 0 spiro atoms. The summed E-state index contributed by atoms with van der Waals surface area (Å²) in [5.41, 5.74) is 0. The van der Waals surface area contributed by atoms with Crippen LogP contribution in [-0.4, -0.2) is 21.1 Å². The Morgan fingerprint density at radius 2 is 2.22 bits per heavy atom. The van der Waals surface area contributed by atoms with Crippen molar-refractivity contribution < 1.29 is 9.21 Å². The minimum Gasteiger partial charge on any atom is -0.467 e. The molecule has 0 aromatic carbocycles. The molecule has 1 atom stereocenters. The van der Waals surface area contributed by atoms with Crippen LogP contribution >= 0.6 is 11.8 Å². The monoisotopic (exact) mass is 263 g/mol. The van der Waals surface area contributed by atoms with Crippen LogP contribution < -0.4 is 5.32 Å². The van der Waals surface area contributed by atoms with Gasteiger partial charge in [0.15, 0.2) is 5.16 Å². The molecule has 0 aliphatic heterocycles. The SMILES string of the molecule is CC(Sc1ncccn1)C(=O)NCc1ccco1. The number of nitrogens with one attached hydrogen (secondary N) is 1. The zero-order valence-corrected chi connectivity index (χ0v) is 10.7. The van der Waals surface area contributed by atoms with Gasteiger partial charge in [-0.1, -0.05) is 11.8 Å². The Morgan fingerprint density at radius 1 is 1.44 bits per heavy atom. The predicted octanol–water partition coefficient (Wildman–Crippen LogP) is 1.87. The van der Waals surface area contributed by atoms with E-state index in [9.17, 15) is 4.79 Å². The van der Waals surface area contributed by atoms with Crippen LogP contribution in [0.25, 0.3) is 0 Å². The normalized spacial score (nSPS) is 12.1. The van der Waals surface area contributed by atoms with E-state index >= 15 is 0 Å². The van der Waals surface area contributed by atoms with Gasteiger partial charge in [-0.25, -0.2) is 9.97 Å². The predicted molar refractivity (Wildman–Crippen MR) is 67.9 cm³/mol. The third-order valence-electron chi connectivity index (χ3n) is 2.21. The third kappa shape index (κ3) is 3.59. The third-order valence-corrected chi connectivity index (χ3v) is 3.20. The van der Waals surface area contributed by atoms with Crippen molar-refractivity contribution in [1.29, 1.82) is 0 Å². The molecule has 1 amide bonds. The van der Waals surface area contributed by atoms with Gasteiger partial charge in [-0.2, -0.15) is 0 Å². The molecule has 94 valence electrons. The maximum absolute atomic E-state index is 11.8. The summed E-state index contributed by atoms with van der Waals surface area (Å²) in [6, 6.07) is 5.35. The second kappa shape index (κ2) is 6.20. The van der Waals surface area contributed by atoms with Crippen molar-refractivity contribution in [1.82, 2.24) is 15.3 Å². The zero-order chi connectivity index (χ0) is 12.8. The number of rotatable bonds is 5. The van der Waals surface area contributed by atoms with E-state index in [0.717, 1.165) is 5.76 Å². The van der Waals surface area contributed by atoms with Gasteiger partial charge in [0, 0.05) is 12.4 Å². The van der Waals surface area contributed by atoms with Gasteiger partial charge in [0.2, 0.25) is 5.91 Å². The van der Waals surface area contributed by atoms with Crippen molar-refractivity contribution >= 4 is 17.7 Å². The second-order valence-corrected chi connectivity index (χ2v) is 4.90. The number of nitrogens with zero attached hydrogens (tertiary/aromatic N) is 2. The topological polar surface area (TPSA) is 68.0 Å². The van der Waals surface area contributed by atoms with Crippen LogP contribution in [0.5, 0.6) is 0 Å². The fraction of sp³-hybridized carbons (Fsp3) is 0.250. The van der Waals surface area contributed by atoms with E-state index in [1.807, 2.05) is 13.0 Å². The standard InChI is InChI=1S/C12H13N3O2S/c1-9(18-12-13-5-3-6-14-12)11(16)15-8-10-4-2-7-17-10/h2-7,9H,8H2,1H3,(H,15,16).